The zero-order valence-electron chi connectivity index (χ0n) is 17.8. The molecule has 0 aromatic heterocycles. The van der Waals surface area contributed by atoms with Crippen molar-refractivity contribution in [1.82, 2.24) is 4.72 Å². The molecular weight excluding hydrogens is 406 g/mol. The van der Waals surface area contributed by atoms with Crippen molar-refractivity contribution in [2.45, 2.75) is 44.6 Å². The number of carbonyl (C=O) groups excluding carboxylic acids is 2. The minimum Gasteiger partial charge on any atom is -0.495 e. The number of benzene rings is 2. The van der Waals surface area contributed by atoms with Gasteiger partial charge in [-0.05, 0) is 43.5 Å². The number of rotatable bonds is 9. The Morgan fingerprint density at radius 3 is 2.10 bits per heavy atom. The van der Waals surface area contributed by atoms with Crippen LogP contribution in [0.1, 0.15) is 59.9 Å². The van der Waals surface area contributed by atoms with Crippen LogP contribution in [0.3, 0.4) is 0 Å². The van der Waals surface area contributed by atoms with Crippen LogP contribution >= 0.6 is 0 Å². The molecule has 0 saturated carbocycles. The molecule has 0 heterocycles. The van der Waals surface area contributed by atoms with E-state index in [1.54, 1.807) is 26.0 Å². The van der Waals surface area contributed by atoms with E-state index < -0.39 is 22.6 Å². The van der Waals surface area contributed by atoms with Crippen molar-refractivity contribution >= 4 is 21.8 Å². The van der Waals surface area contributed by atoms with Crippen molar-refractivity contribution < 1.29 is 27.5 Å². The maximum Gasteiger partial charge on any atom is 0.338 e. The Morgan fingerprint density at radius 1 is 0.967 bits per heavy atom. The van der Waals surface area contributed by atoms with Crippen LogP contribution < -0.4 is 9.46 Å². The van der Waals surface area contributed by atoms with Crippen LogP contribution in [0.25, 0.3) is 0 Å². The molecule has 8 heteroatoms. The van der Waals surface area contributed by atoms with E-state index in [1.807, 2.05) is 12.1 Å². The van der Waals surface area contributed by atoms with Crippen molar-refractivity contribution in [2.75, 3.05) is 13.7 Å². The first kappa shape index (κ1) is 23.6. The van der Waals surface area contributed by atoms with Crippen LogP contribution in [-0.4, -0.2) is 39.9 Å². The Morgan fingerprint density at radius 2 is 1.57 bits per heavy atom. The monoisotopic (exact) mass is 433 g/mol. The lowest BCUT2D eigenvalue weighted by Crippen LogP contribution is -2.30. The van der Waals surface area contributed by atoms with Crippen molar-refractivity contribution in [3.8, 4) is 5.75 Å². The molecule has 0 fully saturated rings. The van der Waals surface area contributed by atoms with Crippen molar-refractivity contribution in [3.63, 3.8) is 0 Å². The molecule has 1 N–H and O–H groups in total. The second-order valence-corrected chi connectivity index (χ2v) is 9.10. The molecule has 2 aromatic carbocycles. The molecule has 2 rings (SSSR count). The van der Waals surface area contributed by atoms with Gasteiger partial charge in [0.1, 0.15) is 10.6 Å². The number of hydrogen-bond acceptors (Lipinski definition) is 6. The lowest BCUT2D eigenvalue weighted by atomic mass is 10.0. The quantitative estimate of drug-likeness (QED) is 0.480. The van der Waals surface area contributed by atoms with Gasteiger partial charge >= 0.3 is 5.97 Å². The Kier molecular flexibility index (Phi) is 7.75. The number of nitrogens with one attached hydrogen (secondary N) is 1. The molecule has 0 saturated heterocycles. The number of hydrogen-bond donors (Lipinski definition) is 1. The molecule has 0 amide bonds. The summed E-state index contributed by atoms with van der Waals surface area (Å²) in [5, 5.41) is 0. The molecule has 0 unspecified atom stereocenters. The number of esters is 1. The third-order valence-corrected chi connectivity index (χ3v) is 5.99. The van der Waals surface area contributed by atoms with Crippen LogP contribution in [0.4, 0.5) is 0 Å². The average molecular weight is 434 g/mol. The molecular formula is C22H27NO6S. The summed E-state index contributed by atoms with van der Waals surface area (Å²) in [5.41, 5.74) is 1.54. The Labute approximate surface area is 177 Å². The van der Waals surface area contributed by atoms with E-state index in [0.29, 0.717) is 11.5 Å². The SMILES string of the molecule is COc1ccc(C(=O)OCC(=O)c2ccc(C(C)C)cc2)cc1S(=O)(=O)NC(C)C. The summed E-state index contributed by atoms with van der Waals surface area (Å²) < 4.78 is 37.7. The van der Waals surface area contributed by atoms with Gasteiger partial charge in [0, 0.05) is 11.6 Å². The number of sulfonamides is 1. The summed E-state index contributed by atoms with van der Waals surface area (Å²) >= 11 is 0. The van der Waals surface area contributed by atoms with Gasteiger partial charge in [0.2, 0.25) is 10.0 Å². The topological polar surface area (TPSA) is 98.8 Å². The van der Waals surface area contributed by atoms with Crippen LogP contribution in [-0.2, 0) is 14.8 Å². The lowest BCUT2D eigenvalue weighted by molar-refractivity contribution is 0.0474. The fourth-order valence-electron chi connectivity index (χ4n) is 2.74. The van der Waals surface area contributed by atoms with E-state index in [2.05, 4.69) is 18.6 Å². The van der Waals surface area contributed by atoms with E-state index in [9.17, 15) is 18.0 Å². The van der Waals surface area contributed by atoms with Gasteiger partial charge in [-0.1, -0.05) is 38.1 Å². The van der Waals surface area contributed by atoms with Crippen LogP contribution in [0, 0.1) is 0 Å². The molecule has 0 atom stereocenters. The number of ketones is 1. The maximum absolute atomic E-state index is 12.5. The second kappa shape index (κ2) is 9.86. The van der Waals surface area contributed by atoms with E-state index >= 15 is 0 Å². The highest BCUT2D eigenvalue weighted by Gasteiger charge is 2.23. The third kappa shape index (κ3) is 5.90. The maximum atomic E-state index is 12.5. The predicted molar refractivity (Wildman–Crippen MR) is 114 cm³/mol. The zero-order chi connectivity index (χ0) is 22.5. The molecule has 2 aromatic rings. The highest BCUT2D eigenvalue weighted by molar-refractivity contribution is 7.89. The first-order valence-corrected chi connectivity index (χ1v) is 11.0. The standard InChI is InChI=1S/C22H27NO6S/c1-14(2)16-6-8-17(9-7-16)19(24)13-29-22(25)18-10-11-20(28-5)21(12-18)30(26,27)23-15(3)4/h6-12,14-15,23H,13H2,1-5H3. The molecule has 162 valence electrons. The summed E-state index contributed by atoms with van der Waals surface area (Å²) in [6, 6.07) is 10.7. The van der Waals surface area contributed by atoms with Gasteiger partial charge in [-0.25, -0.2) is 17.9 Å². The number of Topliss-reactive ketones (excluding diaryl/α,β-unsaturated/α-hetero) is 1. The fourth-order valence-corrected chi connectivity index (χ4v) is 4.19. The van der Waals surface area contributed by atoms with Gasteiger partial charge in [0.25, 0.3) is 0 Å². The fraction of sp³-hybridized carbons (Fsp3) is 0.364. The van der Waals surface area contributed by atoms with E-state index in [1.165, 1.54) is 25.3 Å². The molecule has 30 heavy (non-hydrogen) atoms. The third-order valence-electron chi connectivity index (χ3n) is 4.31. The Hall–Kier alpha value is -2.71. The van der Waals surface area contributed by atoms with Crippen LogP contribution in [0.2, 0.25) is 0 Å². The summed E-state index contributed by atoms with van der Waals surface area (Å²) in [5.74, 6) is -0.703. The van der Waals surface area contributed by atoms with Gasteiger partial charge in [0.15, 0.2) is 12.4 Å². The first-order valence-electron chi connectivity index (χ1n) is 9.55. The largest absolute Gasteiger partial charge is 0.495 e. The summed E-state index contributed by atoms with van der Waals surface area (Å²) in [6.45, 7) is 7.03. The van der Waals surface area contributed by atoms with E-state index in [4.69, 9.17) is 9.47 Å². The van der Waals surface area contributed by atoms with Crippen molar-refractivity contribution in [1.29, 1.82) is 0 Å². The summed E-state index contributed by atoms with van der Waals surface area (Å²) in [4.78, 5) is 24.5. The van der Waals surface area contributed by atoms with E-state index in [0.717, 1.165) is 5.56 Å². The zero-order valence-corrected chi connectivity index (χ0v) is 18.6. The number of methoxy groups -OCH3 is 1. The molecule has 0 aliphatic heterocycles. The molecule has 0 spiro atoms. The van der Waals surface area contributed by atoms with Crippen molar-refractivity contribution in [3.05, 3.63) is 59.2 Å². The van der Waals surface area contributed by atoms with Gasteiger partial charge in [-0.15, -0.1) is 0 Å². The molecule has 0 bridgehead atoms. The molecule has 0 radical (unpaired) electrons. The van der Waals surface area contributed by atoms with Crippen LogP contribution in [0.5, 0.6) is 5.75 Å². The highest BCUT2D eigenvalue weighted by atomic mass is 32.2. The van der Waals surface area contributed by atoms with Gasteiger partial charge < -0.3 is 9.47 Å². The minimum atomic E-state index is -3.89. The normalized spacial score (nSPS) is 11.6. The first-order chi connectivity index (χ1) is 14.0. The lowest BCUT2D eigenvalue weighted by Gasteiger charge is -2.14. The summed E-state index contributed by atoms with van der Waals surface area (Å²) in [7, 11) is -2.56. The van der Waals surface area contributed by atoms with Gasteiger partial charge in [0.05, 0.1) is 12.7 Å². The highest BCUT2D eigenvalue weighted by Crippen LogP contribution is 2.25. The predicted octanol–water partition coefficient (Wildman–Crippen LogP) is 3.55. The smallest absolute Gasteiger partial charge is 0.338 e. The number of ether oxygens (including phenoxy) is 2. The van der Waals surface area contributed by atoms with Gasteiger partial charge in [-0.2, -0.15) is 0 Å². The second-order valence-electron chi connectivity index (χ2n) is 7.42. The van der Waals surface area contributed by atoms with Crippen LogP contribution in [0.15, 0.2) is 47.4 Å². The molecule has 7 nitrogen and oxygen atoms in total. The Bertz CT molecular complexity index is 1010. The molecule has 0 aliphatic rings. The van der Waals surface area contributed by atoms with E-state index in [-0.39, 0.29) is 28.0 Å². The Balaban J connectivity index is 2.15. The summed E-state index contributed by atoms with van der Waals surface area (Å²) in [6.07, 6.45) is 0. The molecule has 0 aliphatic carbocycles. The van der Waals surface area contributed by atoms with Crippen molar-refractivity contribution in [2.24, 2.45) is 0 Å². The minimum absolute atomic E-state index is 0.00267. The average Bonchev–Trinajstić information content (AvgIpc) is 2.70. The van der Waals surface area contributed by atoms with Gasteiger partial charge in [-0.3, -0.25) is 4.79 Å². The number of carbonyl (C=O) groups is 2.